The number of rotatable bonds is 6. The maximum absolute atomic E-state index is 12.8. The van der Waals surface area contributed by atoms with Gasteiger partial charge in [0.15, 0.2) is 0 Å². The van der Waals surface area contributed by atoms with Crippen LogP contribution in [0.15, 0.2) is 60.4 Å². The van der Waals surface area contributed by atoms with Gasteiger partial charge in [0.2, 0.25) is 0 Å². The van der Waals surface area contributed by atoms with Crippen LogP contribution in [0.5, 0.6) is 0 Å². The third-order valence-electron chi connectivity index (χ3n) is 4.61. The summed E-state index contributed by atoms with van der Waals surface area (Å²) in [6, 6.07) is 12.0. The summed E-state index contributed by atoms with van der Waals surface area (Å²) in [6.07, 6.45) is 3.82. The first-order valence-corrected chi connectivity index (χ1v) is 8.89. The molecule has 0 bridgehead atoms. The summed E-state index contributed by atoms with van der Waals surface area (Å²) < 4.78 is 0. The Morgan fingerprint density at radius 2 is 1.78 bits per heavy atom. The molecule has 1 aliphatic rings. The van der Waals surface area contributed by atoms with Crippen LogP contribution in [0.1, 0.15) is 23.6 Å². The fourth-order valence-corrected chi connectivity index (χ4v) is 3.32. The van der Waals surface area contributed by atoms with Crippen LogP contribution in [0.2, 0.25) is 0 Å². The number of benzene rings is 1. The molecule has 3 rings (SSSR count). The van der Waals surface area contributed by atoms with Crippen molar-refractivity contribution in [3.63, 3.8) is 0 Å². The van der Waals surface area contributed by atoms with E-state index in [1.807, 2.05) is 49.3 Å². The van der Waals surface area contributed by atoms with Crippen molar-refractivity contribution in [2.45, 2.75) is 12.5 Å². The molecule has 0 unspecified atom stereocenters. The highest BCUT2D eigenvalue weighted by molar-refractivity contribution is 6.46. The molecule has 1 amide bonds. The number of carbonyl (C=O) groups is 2. The van der Waals surface area contributed by atoms with Gasteiger partial charge < -0.3 is 14.9 Å². The highest BCUT2D eigenvalue weighted by Gasteiger charge is 2.45. The van der Waals surface area contributed by atoms with Crippen LogP contribution >= 0.6 is 0 Å². The van der Waals surface area contributed by atoms with Crippen LogP contribution in [0, 0.1) is 0 Å². The van der Waals surface area contributed by atoms with Crippen LogP contribution < -0.4 is 0 Å². The molecule has 1 fully saturated rings. The Kier molecular flexibility index (Phi) is 5.66. The van der Waals surface area contributed by atoms with Crippen LogP contribution in [-0.4, -0.2) is 58.8 Å². The van der Waals surface area contributed by atoms with Crippen LogP contribution in [-0.2, 0) is 9.59 Å². The van der Waals surface area contributed by atoms with Crippen molar-refractivity contribution in [3.05, 3.63) is 71.6 Å². The normalized spacial score (nSPS) is 19.1. The molecule has 1 aromatic heterocycles. The molecular formula is C21H23N3O3. The third-order valence-corrected chi connectivity index (χ3v) is 4.61. The summed E-state index contributed by atoms with van der Waals surface area (Å²) in [7, 11) is 3.93. The summed E-state index contributed by atoms with van der Waals surface area (Å²) in [5.74, 6) is -1.39. The van der Waals surface area contributed by atoms with Gasteiger partial charge in [-0.25, -0.2) is 0 Å². The van der Waals surface area contributed by atoms with Crippen LogP contribution in [0.25, 0.3) is 5.76 Å². The predicted octanol–water partition coefficient (Wildman–Crippen LogP) is 2.46. The minimum Gasteiger partial charge on any atom is -0.507 e. The largest absolute Gasteiger partial charge is 0.507 e. The van der Waals surface area contributed by atoms with Crippen molar-refractivity contribution >= 4 is 17.4 Å². The summed E-state index contributed by atoms with van der Waals surface area (Å²) in [5.41, 5.74) is 1.40. The highest BCUT2D eigenvalue weighted by Crippen LogP contribution is 2.39. The van der Waals surface area contributed by atoms with E-state index >= 15 is 0 Å². The van der Waals surface area contributed by atoms with E-state index < -0.39 is 17.7 Å². The number of Topliss-reactive ketones (excluding diaryl/α,β-unsaturated/α-hetero) is 1. The molecule has 27 heavy (non-hydrogen) atoms. The number of hydrogen-bond acceptors (Lipinski definition) is 5. The van der Waals surface area contributed by atoms with Gasteiger partial charge in [0.05, 0.1) is 11.6 Å². The van der Waals surface area contributed by atoms with Gasteiger partial charge in [-0.3, -0.25) is 14.6 Å². The van der Waals surface area contributed by atoms with E-state index in [9.17, 15) is 14.7 Å². The molecule has 0 spiro atoms. The van der Waals surface area contributed by atoms with Crippen molar-refractivity contribution in [1.29, 1.82) is 0 Å². The number of carbonyl (C=O) groups excluding carboxylic acids is 2. The first-order chi connectivity index (χ1) is 13.0. The molecule has 1 saturated heterocycles. The smallest absolute Gasteiger partial charge is 0.295 e. The van der Waals surface area contributed by atoms with Crippen molar-refractivity contribution in [1.82, 2.24) is 14.8 Å². The van der Waals surface area contributed by atoms with E-state index in [4.69, 9.17) is 0 Å². The summed E-state index contributed by atoms with van der Waals surface area (Å²) in [6.45, 7) is 1.24. The van der Waals surface area contributed by atoms with Gasteiger partial charge in [-0.05, 0) is 44.8 Å². The molecule has 1 N–H and O–H groups in total. The average molecular weight is 365 g/mol. The molecule has 2 aromatic rings. The minimum absolute atomic E-state index is 0.127. The average Bonchev–Trinajstić information content (AvgIpc) is 2.93. The highest BCUT2D eigenvalue weighted by atomic mass is 16.3. The Morgan fingerprint density at radius 3 is 2.41 bits per heavy atom. The van der Waals surface area contributed by atoms with E-state index in [-0.39, 0.29) is 11.3 Å². The Balaban J connectivity index is 2.05. The molecule has 6 heteroatoms. The fourth-order valence-electron chi connectivity index (χ4n) is 3.32. The number of nitrogens with zero attached hydrogens (tertiary/aromatic N) is 3. The van der Waals surface area contributed by atoms with E-state index in [2.05, 4.69) is 4.98 Å². The number of pyridine rings is 1. The van der Waals surface area contributed by atoms with Crippen molar-refractivity contribution < 1.29 is 14.7 Å². The summed E-state index contributed by atoms with van der Waals surface area (Å²) >= 11 is 0. The second kappa shape index (κ2) is 8.14. The fraction of sp³-hybridized carbons (Fsp3) is 0.286. The van der Waals surface area contributed by atoms with E-state index in [0.29, 0.717) is 12.1 Å². The maximum atomic E-state index is 12.8. The lowest BCUT2D eigenvalue weighted by molar-refractivity contribution is -0.139. The number of hydrogen-bond donors (Lipinski definition) is 1. The zero-order chi connectivity index (χ0) is 19.4. The number of ketones is 1. The first kappa shape index (κ1) is 18.8. The Morgan fingerprint density at radius 1 is 1.11 bits per heavy atom. The molecule has 2 heterocycles. The summed E-state index contributed by atoms with van der Waals surface area (Å²) in [5, 5.41) is 10.8. The zero-order valence-corrected chi connectivity index (χ0v) is 15.5. The first-order valence-electron chi connectivity index (χ1n) is 8.89. The molecule has 6 nitrogen and oxygen atoms in total. The van der Waals surface area contributed by atoms with E-state index in [1.54, 1.807) is 29.4 Å². The lowest BCUT2D eigenvalue weighted by Gasteiger charge is -2.25. The van der Waals surface area contributed by atoms with Gasteiger partial charge >= 0.3 is 0 Å². The molecule has 140 valence electrons. The standard InChI is InChI=1S/C21H23N3O3/c1-23(2)13-6-14-24-18(15-7-4-3-5-8-15)17(20(26)21(24)27)19(25)16-9-11-22-12-10-16/h3-5,7-12,18,25H,6,13-14H2,1-2H3/b19-17+/t18-/m1/s1. The second-order valence-electron chi connectivity index (χ2n) is 6.80. The van der Waals surface area contributed by atoms with E-state index in [1.165, 1.54) is 0 Å². The molecule has 0 aliphatic carbocycles. The Labute approximate surface area is 158 Å². The van der Waals surface area contributed by atoms with Crippen molar-refractivity contribution in [2.75, 3.05) is 27.2 Å². The van der Waals surface area contributed by atoms with Crippen LogP contribution in [0.3, 0.4) is 0 Å². The minimum atomic E-state index is -0.650. The lowest BCUT2D eigenvalue weighted by Crippen LogP contribution is -2.32. The third kappa shape index (κ3) is 3.90. The van der Waals surface area contributed by atoms with Crippen LogP contribution in [0.4, 0.5) is 0 Å². The molecule has 1 aliphatic heterocycles. The zero-order valence-electron chi connectivity index (χ0n) is 15.5. The molecule has 0 saturated carbocycles. The number of aromatic nitrogens is 1. The molecule has 1 aromatic carbocycles. The Hall–Kier alpha value is -2.99. The molecule has 1 atom stereocenters. The molecule has 0 radical (unpaired) electrons. The van der Waals surface area contributed by atoms with E-state index in [0.717, 1.165) is 18.5 Å². The van der Waals surface area contributed by atoms with Gasteiger partial charge in [-0.15, -0.1) is 0 Å². The quantitative estimate of drug-likeness (QED) is 0.484. The summed E-state index contributed by atoms with van der Waals surface area (Å²) in [4.78, 5) is 33.0. The lowest BCUT2D eigenvalue weighted by atomic mass is 9.95. The number of amides is 1. The van der Waals surface area contributed by atoms with Crippen molar-refractivity contribution in [2.24, 2.45) is 0 Å². The van der Waals surface area contributed by atoms with Gasteiger partial charge in [-0.2, -0.15) is 0 Å². The van der Waals surface area contributed by atoms with Gasteiger partial charge in [0.1, 0.15) is 5.76 Å². The second-order valence-corrected chi connectivity index (χ2v) is 6.80. The predicted molar refractivity (Wildman–Crippen MR) is 103 cm³/mol. The van der Waals surface area contributed by atoms with Gasteiger partial charge in [-0.1, -0.05) is 30.3 Å². The SMILES string of the molecule is CN(C)CCCN1C(=O)C(=O)/C(=C(/O)c2ccncc2)[C@H]1c1ccccc1. The number of likely N-dealkylation sites (tertiary alicyclic amines) is 1. The Bertz CT molecular complexity index is 847. The molecular weight excluding hydrogens is 342 g/mol. The number of aliphatic hydroxyl groups is 1. The topological polar surface area (TPSA) is 73.7 Å². The monoisotopic (exact) mass is 365 g/mol. The van der Waals surface area contributed by atoms with Gasteiger partial charge in [0.25, 0.3) is 11.7 Å². The maximum Gasteiger partial charge on any atom is 0.295 e. The van der Waals surface area contributed by atoms with Gasteiger partial charge in [0, 0.05) is 24.5 Å². The number of aliphatic hydroxyl groups excluding tert-OH is 1. The van der Waals surface area contributed by atoms with Crippen molar-refractivity contribution in [3.8, 4) is 0 Å².